The SMILES string of the molecule is CC(=O)N1CCN(c2nc(C)cc(C(=O)N3CCCC(C)C3)n2)CC1. The minimum Gasteiger partial charge on any atom is -0.339 e. The van der Waals surface area contributed by atoms with Gasteiger partial charge in [-0.05, 0) is 31.7 Å². The number of amides is 2. The van der Waals surface area contributed by atoms with Gasteiger partial charge in [-0.15, -0.1) is 0 Å². The highest BCUT2D eigenvalue weighted by molar-refractivity contribution is 5.92. The number of hydrogen-bond donors (Lipinski definition) is 0. The summed E-state index contributed by atoms with van der Waals surface area (Å²) in [4.78, 5) is 39.2. The van der Waals surface area contributed by atoms with E-state index in [1.54, 1.807) is 13.0 Å². The summed E-state index contributed by atoms with van der Waals surface area (Å²) in [6.07, 6.45) is 2.23. The van der Waals surface area contributed by atoms with Gasteiger partial charge in [0.05, 0.1) is 0 Å². The number of carbonyl (C=O) groups is 2. The number of aromatic nitrogens is 2. The van der Waals surface area contributed by atoms with Gasteiger partial charge < -0.3 is 14.7 Å². The van der Waals surface area contributed by atoms with E-state index in [2.05, 4.69) is 21.8 Å². The molecular weight excluding hydrogens is 318 g/mol. The van der Waals surface area contributed by atoms with E-state index in [4.69, 9.17) is 0 Å². The number of piperazine rings is 1. The number of rotatable bonds is 2. The van der Waals surface area contributed by atoms with Gasteiger partial charge in [0.1, 0.15) is 5.69 Å². The van der Waals surface area contributed by atoms with Crippen LogP contribution in [0.4, 0.5) is 5.95 Å². The molecule has 3 heterocycles. The van der Waals surface area contributed by atoms with E-state index in [1.165, 1.54) is 6.42 Å². The first kappa shape index (κ1) is 17.6. The Balaban J connectivity index is 1.74. The van der Waals surface area contributed by atoms with E-state index in [1.807, 2.05) is 16.7 Å². The summed E-state index contributed by atoms with van der Waals surface area (Å²) >= 11 is 0. The minimum atomic E-state index is 0.000622. The Morgan fingerprint density at radius 1 is 1.08 bits per heavy atom. The molecule has 1 aromatic rings. The summed E-state index contributed by atoms with van der Waals surface area (Å²) in [5, 5.41) is 0. The molecule has 0 aromatic carbocycles. The van der Waals surface area contributed by atoms with Crippen LogP contribution < -0.4 is 4.90 Å². The first-order chi connectivity index (χ1) is 11.9. The van der Waals surface area contributed by atoms with Gasteiger partial charge in [0.15, 0.2) is 0 Å². The first-order valence-corrected chi connectivity index (χ1v) is 9.09. The number of nitrogens with zero attached hydrogens (tertiary/aromatic N) is 5. The molecule has 7 nitrogen and oxygen atoms in total. The maximum Gasteiger partial charge on any atom is 0.272 e. The van der Waals surface area contributed by atoms with Crippen LogP contribution in [0.15, 0.2) is 6.07 Å². The summed E-state index contributed by atoms with van der Waals surface area (Å²) in [6, 6.07) is 1.77. The van der Waals surface area contributed by atoms with E-state index in [0.717, 1.165) is 25.2 Å². The molecule has 1 unspecified atom stereocenters. The van der Waals surface area contributed by atoms with Crippen LogP contribution in [-0.2, 0) is 4.79 Å². The highest BCUT2D eigenvalue weighted by Gasteiger charge is 2.25. The van der Waals surface area contributed by atoms with Gasteiger partial charge >= 0.3 is 0 Å². The smallest absolute Gasteiger partial charge is 0.272 e. The lowest BCUT2D eigenvalue weighted by molar-refractivity contribution is -0.129. The van der Waals surface area contributed by atoms with Crippen molar-refractivity contribution < 1.29 is 9.59 Å². The fourth-order valence-electron chi connectivity index (χ4n) is 3.56. The molecule has 1 aromatic heterocycles. The molecule has 2 aliphatic rings. The van der Waals surface area contributed by atoms with Crippen LogP contribution in [0.5, 0.6) is 0 Å². The molecule has 25 heavy (non-hydrogen) atoms. The Morgan fingerprint density at radius 3 is 2.44 bits per heavy atom. The second kappa shape index (κ2) is 7.37. The lowest BCUT2D eigenvalue weighted by Gasteiger charge is -2.34. The van der Waals surface area contributed by atoms with Gasteiger partial charge in [-0.3, -0.25) is 9.59 Å². The van der Waals surface area contributed by atoms with Crippen molar-refractivity contribution in [3.8, 4) is 0 Å². The molecule has 2 fully saturated rings. The monoisotopic (exact) mass is 345 g/mol. The number of piperidine rings is 1. The molecular formula is C18H27N5O2. The van der Waals surface area contributed by atoms with Crippen molar-refractivity contribution in [2.24, 2.45) is 5.92 Å². The number of likely N-dealkylation sites (tertiary alicyclic amines) is 1. The molecule has 7 heteroatoms. The second-order valence-electron chi connectivity index (χ2n) is 7.19. The van der Waals surface area contributed by atoms with Crippen LogP contribution in [0.3, 0.4) is 0 Å². The summed E-state index contributed by atoms with van der Waals surface area (Å²) in [6.45, 7) is 9.99. The van der Waals surface area contributed by atoms with Crippen molar-refractivity contribution in [3.63, 3.8) is 0 Å². The van der Waals surface area contributed by atoms with Crippen LogP contribution in [-0.4, -0.2) is 70.9 Å². The molecule has 2 saturated heterocycles. The van der Waals surface area contributed by atoms with E-state index >= 15 is 0 Å². The number of hydrogen-bond acceptors (Lipinski definition) is 5. The van der Waals surface area contributed by atoms with Crippen molar-refractivity contribution in [2.75, 3.05) is 44.2 Å². The van der Waals surface area contributed by atoms with Crippen LogP contribution in [0.25, 0.3) is 0 Å². The molecule has 136 valence electrons. The average molecular weight is 345 g/mol. The van der Waals surface area contributed by atoms with Gasteiger partial charge in [-0.2, -0.15) is 0 Å². The zero-order valence-electron chi connectivity index (χ0n) is 15.4. The Labute approximate surface area is 149 Å². The number of anilines is 1. The summed E-state index contributed by atoms with van der Waals surface area (Å²) in [5.41, 5.74) is 1.28. The fourth-order valence-corrected chi connectivity index (χ4v) is 3.56. The highest BCUT2D eigenvalue weighted by Crippen LogP contribution is 2.19. The molecule has 0 spiro atoms. The van der Waals surface area contributed by atoms with E-state index in [-0.39, 0.29) is 11.8 Å². The molecule has 0 saturated carbocycles. The summed E-state index contributed by atoms with van der Waals surface area (Å²) in [5.74, 6) is 1.23. The molecule has 3 rings (SSSR count). The lowest BCUT2D eigenvalue weighted by Crippen LogP contribution is -2.48. The van der Waals surface area contributed by atoms with Gasteiger partial charge in [-0.25, -0.2) is 9.97 Å². The third-order valence-corrected chi connectivity index (χ3v) is 5.01. The van der Waals surface area contributed by atoms with Gasteiger partial charge in [-0.1, -0.05) is 6.92 Å². The Kier molecular flexibility index (Phi) is 5.20. The number of carbonyl (C=O) groups excluding carboxylic acids is 2. The normalized spacial score (nSPS) is 21.4. The largest absolute Gasteiger partial charge is 0.339 e. The Bertz CT molecular complexity index is 655. The van der Waals surface area contributed by atoms with Crippen molar-refractivity contribution in [1.29, 1.82) is 0 Å². The summed E-state index contributed by atoms with van der Waals surface area (Å²) in [7, 11) is 0. The van der Waals surface area contributed by atoms with Crippen LogP contribution in [0.1, 0.15) is 42.9 Å². The van der Waals surface area contributed by atoms with Crippen molar-refractivity contribution in [1.82, 2.24) is 19.8 Å². The molecule has 0 bridgehead atoms. The zero-order chi connectivity index (χ0) is 18.0. The van der Waals surface area contributed by atoms with Crippen LogP contribution >= 0.6 is 0 Å². The third kappa shape index (κ3) is 4.08. The highest BCUT2D eigenvalue weighted by atomic mass is 16.2. The molecule has 2 amide bonds. The standard InChI is InChI=1S/C18H27N5O2/c1-13-5-4-6-23(12-13)17(25)16-11-14(2)19-18(20-16)22-9-7-21(8-10-22)15(3)24/h11,13H,4-10,12H2,1-3H3. The van der Waals surface area contributed by atoms with E-state index < -0.39 is 0 Å². The Hall–Kier alpha value is -2.18. The lowest BCUT2D eigenvalue weighted by atomic mass is 10.00. The average Bonchev–Trinajstić information content (AvgIpc) is 2.60. The maximum absolute atomic E-state index is 12.8. The van der Waals surface area contributed by atoms with Crippen molar-refractivity contribution >= 4 is 17.8 Å². The maximum atomic E-state index is 12.8. The topological polar surface area (TPSA) is 69.6 Å². The van der Waals surface area contributed by atoms with Crippen LogP contribution in [0, 0.1) is 12.8 Å². The molecule has 0 N–H and O–H groups in total. The van der Waals surface area contributed by atoms with E-state index in [0.29, 0.717) is 43.7 Å². The molecule has 1 atom stereocenters. The molecule has 0 radical (unpaired) electrons. The number of aryl methyl sites for hydroxylation is 1. The predicted molar refractivity (Wildman–Crippen MR) is 95.5 cm³/mol. The van der Waals surface area contributed by atoms with Crippen LogP contribution in [0.2, 0.25) is 0 Å². The van der Waals surface area contributed by atoms with Crippen molar-refractivity contribution in [2.45, 2.75) is 33.6 Å². The molecule has 0 aliphatic carbocycles. The third-order valence-electron chi connectivity index (χ3n) is 5.01. The van der Waals surface area contributed by atoms with Gasteiger partial charge in [0, 0.05) is 51.9 Å². The predicted octanol–water partition coefficient (Wildman–Crippen LogP) is 1.33. The molecule has 2 aliphatic heterocycles. The minimum absolute atomic E-state index is 0.000622. The first-order valence-electron chi connectivity index (χ1n) is 9.09. The Morgan fingerprint density at radius 2 is 1.80 bits per heavy atom. The quantitative estimate of drug-likeness (QED) is 0.809. The zero-order valence-corrected chi connectivity index (χ0v) is 15.4. The van der Waals surface area contributed by atoms with E-state index in [9.17, 15) is 9.59 Å². The second-order valence-corrected chi connectivity index (χ2v) is 7.19. The van der Waals surface area contributed by atoms with Crippen molar-refractivity contribution in [3.05, 3.63) is 17.5 Å². The van der Waals surface area contributed by atoms with Gasteiger partial charge in [0.25, 0.3) is 5.91 Å². The summed E-state index contributed by atoms with van der Waals surface area (Å²) < 4.78 is 0. The van der Waals surface area contributed by atoms with Gasteiger partial charge in [0.2, 0.25) is 11.9 Å². The fraction of sp³-hybridized carbons (Fsp3) is 0.667.